The number of hydrogen-bond donors (Lipinski definition) is 2. The highest BCUT2D eigenvalue weighted by molar-refractivity contribution is 5.88. The summed E-state index contributed by atoms with van der Waals surface area (Å²) in [5, 5.41) is 13.1. The summed E-state index contributed by atoms with van der Waals surface area (Å²) in [6.45, 7) is 3.17. The van der Waals surface area contributed by atoms with E-state index in [1.807, 2.05) is 28.9 Å². The Hall–Kier alpha value is -3.81. The van der Waals surface area contributed by atoms with Crippen LogP contribution in [0.2, 0.25) is 0 Å². The molecule has 0 saturated heterocycles. The van der Waals surface area contributed by atoms with Gasteiger partial charge in [-0.25, -0.2) is 14.6 Å². The first-order valence-electron chi connectivity index (χ1n) is 10.1. The lowest BCUT2D eigenvalue weighted by Gasteiger charge is -2.09. The first-order chi connectivity index (χ1) is 14.8. The minimum atomic E-state index is 0.602. The summed E-state index contributed by atoms with van der Waals surface area (Å²) in [5.74, 6) is 0.602. The van der Waals surface area contributed by atoms with Gasteiger partial charge in [0, 0.05) is 24.6 Å². The van der Waals surface area contributed by atoms with Crippen molar-refractivity contribution in [2.75, 3.05) is 17.3 Å². The van der Waals surface area contributed by atoms with Gasteiger partial charge in [0.05, 0.1) is 23.5 Å². The Morgan fingerprint density at radius 3 is 2.87 bits per heavy atom. The molecule has 0 atom stereocenters. The lowest BCUT2D eigenvalue weighted by atomic mass is 10.2. The zero-order chi connectivity index (χ0) is 20.6. The molecule has 0 unspecified atom stereocenters. The highest BCUT2D eigenvalue weighted by atomic mass is 15.3. The number of pyridine rings is 1. The van der Waals surface area contributed by atoms with Gasteiger partial charge in [-0.2, -0.15) is 10.2 Å². The van der Waals surface area contributed by atoms with E-state index in [2.05, 4.69) is 55.0 Å². The summed E-state index contributed by atoms with van der Waals surface area (Å²) in [6, 6.07) is 11.9. The Kier molecular flexibility index (Phi) is 6.24. The number of unbranched alkanes of at least 4 members (excludes halogenated alkanes) is 2. The van der Waals surface area contributed by atoms with Gasteiger partial charge in [0.1, 0.15) is 6.33 Å². The maximum atomic E-state index is 4.53. The largest absolute Gasteiger partial charge is 0.385 e. The van der Waals surface area contributed by atoms with Crippen molar-refractivity contribution in [2.45, 2.75) is 26.2 Å². The van der Waals surface area contributed by atoms with Crippen molar-refractivity contribution >= 4 is 28.8 Å². The van der Waals surface area contributed by atoms with E-state index in [1.165, 1.54) is 19.2 Å². The average Bonchev–Trinajstić information content (AvgIpc) is 3.23. The summed E-state index contributed by atoms with van der Waals surface area (Å²) in [7, 11) is 0. The normalized spacial score (nSPS) is 11.2. The highest BCUT2D eigenvalue weighted by Crippen LogP contribution is 2.23. The van der Waals surface area contributed by atoms with E-state index >= 15 is 0 Å². The van der Waals surface area contributed by atoms with Crippen molar-refractivity contribution in [1.29, 1.82) is 0 Å². The molecule has 8 nitrogen and oxygen atoms in total. The smallest absolute Gasteiger partial charge is 0.168 e. The molecule has 0 aliphatic carbocycles. The zero-order valence-electron chi connectivity index (χ0n) is 16.9. The molecule has 8 heteroatoms. The van der Waals surface area contributed by atoms with Crippen molar-refractivity contribution in [1.82, 2.24) is 24.7 Å². The second kappa shape index (κ2) is 9.60. The topological polar surface area (TPSA) is 92.9 Å². The van der Waals surface area contributed by atoms with Crippen LogP contribution in [-0.2, 0) is 0 Å². The number of hydrazone groups is 1. The molecular formula is C22H24N8. The number of aromatic nitrogens is 5. The number of benzene rings is 1. The molecule has 1 aromatic carbocycles. The Morgan fingerprint density at radius 2 is 2.00 bits per heavy atom. The van der Waals surface area contributed by atoms with E-state index < -0.39 is 0 Å². The van der Waals surface area contributed by atoms with E-state index in [0.29, 0.717) is 5.82 Å². The van der Waals surface area contributed by atoms with Crippen molar-refractivity contribution < 1.29 is 0 Å². The monoisotopic (exact) mass is 400 g/mol. The molecular weight excluding hydrogens is 376 g/mol. The number of hydrogen-bond acceptors (Lipinski definition) is 7. The van der Waals surface area contributed by atoms with Gasteiger partial charge in [0.25, 0.3) is 0 Å². The van der Waals surface area contributed by atoms with Gasteiger partial charge < -0.3 is 5.32 Å². The van der Waals surface area contributed by atoms with Gasteiger partial charge in [-0.15, -0.1) is 0 Å². The number of nitrogens with one attached hydrogen (secondary N) is 2. The van der Waals surface area contributed by atoms with Crippen LogP contribution in [0.1, 0.15) is 31.7 Å². The summed E-state index contributed by atoms with van der Waals surface area (Å²) in [5.41, 5.74) is 6.66. The maximum absolute atomic E-state index is 4.53. The van der Waals surface area contributed by atoms with E-state index in [0.717, 1.165) is 40.9 Å². The average molecular weight is 400 g/mol. The third-order valence-electron chi connectivity index (χ3n) is 4.66. The van der Waals surface area contributed by atoms with Crippen molar-refractivity contribution in [2.24, 2.45) is 5.10 Å². The fourth-order valence-electron chi connectivity index (χ4n) is 3.09. The summed E-state index contributed by atoms with van der Waals surface area (Å²) < 4.78 is 1.81. The van der Waals surface area contributed by atoms with Gasteiger partial charge in [-0.1, -0.05) is 25.8 Å². The molecule has 0 saturated carbocycles. The van der Waals surface area contributed by atoms with Crippen molar-refractivity contribution in [3.8, 4) is 5.69 Å². The van der Waals surface area contributed by atoms with Crippen LogP contribution in [0.15, 0.2) is 66.4 Å². The molecule has 0 fully saturated rings. The minimum Gasteiger partial charge on any atom is -0.385 e. The predicted octanol–water partition coefficient (Wildman–Crippen LogP) is 4.26. The second-order valence-electron chi connectivity index (χ2n) is 6.85. The SMILES string of the molecule is CCCCCNc1cccc(-n2ncc3c(N/N=C/c4ccncc4)ncnc32)c1. The van der Waals surface area contributed by atoms with E-state index in [1.54, 1.807) is 24.8 Å². The van der Waals surface area contributed by atoms with Gasteiger partial charge in [-0.05, 0) is 42.3 Å². The van der Waals surface area contributed by atoms with Crippen molar-refractivity contribution in [3.05, 3.63) is 66.9 Å². The van der Waals surface area contributed by atoms with Crippen LogP contribution >= 0.6 is 0 Å². The number of anilines is 2. The summed E-state index contributed by atoms with van der Waals surface area (Å²) in [6.07, 6.45) is 12.0. The Bertz CT molecular complexity index is 1120. The van der Waals surface area contributed by atoms with Crippen LogP contribution in [0.5, 0.6) is 0 Å². The molecule has 0 radical (unpaired) electrons. The third kappa shape index (κ3) is 4.60. The standard InChI is InChI=1S/C22H24N8/c1-2-3-4-10-24-18-6-5-7-19(13-18)30-22-20(15-28-30)21(25-16-26-22)29-27-14-17-8-11-23-12-9-17/h5-9,11-16,24H,2-4,10H2,1H3,(H,25,26,29)/b27-14+. The highest BCUT2D eigenvalue weighted by Gasteiger charge is 2.11. The van der Waals surface area contributed by atoms with Crippen LogP contribution in [0.4, 0.5) is 11.5 Å². The van der Waals surface area contributed by atoms with Gasteiger partial charge in [-0.3, -0.25) is 10.4 Å². The molecule has 152 valence electrons. The molecule has 30 heavy (non-hydrogen) atoms. The Morgan fingerprint density at radius 1 is 1.10 bits per heavy atom. The zero-order valence-corrected chi connectivity index (χ0v) is 16.9. The molecule has 0 bridgehead atoms. The molecule has 0 aliphatic rings. The molecule has 4 aromatic rings. The first kappa shape index (κ1) is 19.5. The van der Waals surface area contributed by atoms with Crippen LogP contribution in [0.3, 0.4) is 0 Å². The molecule has 3 aromatic heterocycles. The van der Waals surface area contributed by atoms with Crippen molar-refractivity contribution in [3.63, 3.8) is 0 Å². The number of fused-ring (bicyclic) bond motifs is 1. The lowest BCUT2D eigenvalue weighted by Crippen LogP contribution is -2.03. The van der Waals surface area contributed by atoms with Gasteiger partial charge in [0.15, 0.2) is 11.5 Å². The molecule has 0 aliphatic heterocycles. The maximum Gasteiger partial charge on any atom is 0.168 e. The minimum absolute atomic E-state index is 0.602. The number of rotatable bonds is 9. The Labute approximate surface area is 175 Å². The summed E-state index contributed by atoms with van der Waals surface area (Å²) in [4.78, 5) is 12.7. The van der Waals surface area contributed by atoms with Crippen LogP contribution in [0.25, 0.3) is 16.7 Å². The van der Waals surface area contributed by atoms with E-state index in [9.17, 15) is 0 Å². The quantitative estimate of drug-likeness (QED) is 0.248. The van der Waals surface area contributed by atoms with Gasteiger partial charge in [0.2, 0.25) is 0 Å². The van der Waals surface area contributed by atoms with E-state index in [-0.39, 0.29) is 0 Å². The van der Waals surface area contributed by atoms with Crippen LogP contribution < -0.4 is 10.7 Å². The summed E-state index contributed by atoms with van der Waals surface area (Å²) >= 11 is 0. The molecule has 0 spiro atoms. The lowest BCUT2D eigenvalue weighted by molar-refractivity contribution is 0.743. The van der Waals surface area contributed by atoms with E-state index in [4.69, 9.17) is 0 Å². The second-order valence-corrected chi connectivity index (χ2v) is 6.85. The molecule has 4 rings (SSSR count). The fraction of sp³-hybridized carbons (Fsp3) is 0.227. The first-order valence-corrected chi connectivity index (χ1v) is 10.1. The van der Waals surface area contributed by atoms with Crippen LogP contribution in [-0.4, -0.2) is 37.5 Å². The third-order valence-corrected chi connectivity index (χ3v) is 4.66. The van der Waals surface area contributed by atoms with Crippen LogP contribution in [0, 0.1) is 0 Å². The fourth-order valence-corrected chi connectivity index (χ4v) is 3.09. The molecule has 0 amide bonds. The number of nitrogens with zero attached hydrogens (tertiary/aromatic N) is 6. The molecule has 2 N–H and O–H groups in total. The Balaban J connectivity index is 1.54. The molecule has 3 heterocycles. The predicted molar refractivity (Wildman–Crippen MR) is 120 cm³/mol. The van der Waals surface area contributed by atoms with Gasteiger partial charge >= 0.3 is 0 Å².